The van der Waals surface area contributed by atoms with Crippen LogP contribution in [0.4, 0.5) is 0 Å². The Bertz CT molecular complexity index is 966. The highest BCUT2D eigenvalue weighted by Gasteiger charge is 2.17. The minimum atomic E-state index is -3.54. The molecule has 2 aromatic rings. The second-order valence-electron chi connectivity index (χ2n) is 5.79. The maximum Gasteiger partial charge on any atom is 0.242 e. The van der Waals surface area contributed by atoms with E-state index in [4.69, 9.17) is 16.3 Å². The summed E-state index contributed by atoms with van der Waals surface area (Å²) in [5.74, 6) is -0.221. The molecule has 8 heteroatoms. The van der Waals surface area contributed by atoms with E-state index in [1.807, 2.05) is 0 Å². The average molecular weight is 410 g/mol. The van der Waals surface area contributed by atoms with Crippen LogP contribution in [0.15, 0.2) is 47.4 Å². The van der Waals surface area contributed by atoms with Crippen molar-refractivity contribution in [1.82, 2.24) is 4.31 Å². The van der Waals surface area contributed by atoms with Crippen molar-refractivity contribution in [2.24, 2.45) is 0 Å². The van der Waals surface area contributed by atoms with E-state index < -0.39 is 10.0 Å². The molecule has 1 N–H and O–H groups in total. The topological polar surface area (TPSA) is 83.9 Å². The van der Waals surface area contributed by atoms with Crippen molar-refractivity contribution in [2.75, 3.05) is 20.7 Å². The number of nitrogens with zero attached hydrogens (tertiary/aromatic N) is 1. The minimum Gasteiger partial charge on any atom is -0.503 e. The number of carbonyl (C=O) groups is 1. The molecule has 6 nitrogen and oxygen atoms in total. The molecule has 0 unspecified atom stereocenters. The number of allylic oxidation sites excluding steroid dienone is 1. The Hall–Kier alpha value is -2.35. The number of benzene rings is 2. The molecule has 0 heterocycles. The van der Waals surface area contributed by atoms with Gasteiger partial charge in [0.15, 0.2) is 17.3 Å². The van der Waals surface area contributed by atoms with Crippen molar-refractivity contribution in [3.05, 3.63) is 58.6 Å². The molecule has 0 aliphatic carbocycles. The predicted molar refractivity (Wildman–Crippen MR) is 105 cm³/mol. The highest BCUT2D eigenvalue weighted by atomic mass is 35.5. The lowest BCUT2D eigenvalue weighted by Gasteiger charge is -2.11. The van der Waals surface area contributed by atoms with E-state index in [9.17, 15) is 18.3 Å². The second-order valence-corrected chi connectivity index (χ2v) is 8.35. The van der Waals surface area contributed by atoms with Gasteiger partial charge in [-0.15, -0.1) is 0 Å². The van der Waals surface area contributed by atoms with Gasteiger partial charge in [0.1, 0.15) is 0 Å². The summed E-state index contributed by atoms with van der Waals surface area (Å²) in [5.41, 5.74) is 0.931. The van der Waals surface area contributed by atoms with Crippen molar-refractivity contribution in [3.8, 4) is 11.5 Å². The van der Waals surface area contributed by atoms with Gasteiger partial charge in [-0.3, -0.25) is 4.79 Å². The summed E-state index contributed by atoms with van der Waals surface area (Å²) in [6, 6.07) is 8.77. The van der Waals surface area contributed by atoms with Gasteiger partial charge in [0.25, 0.3) is 0 Å². The van der Waals surface area contributed by atoms with Gasteiger partial charge in [0.05, 0.1) is 16.5 Å². The lowest BCUT2D eigenvalue weighted by molar-refractivity contribution is 0.104. The van der Waals surface area contributed by atoms with Gasteiger partial charge in [-0.1, -0.05) is 17.7 Å². The number of aromatic hydroxyl groups is 1. The predicted octanol–water partition coefficient (Wildman–Crippen LogP) is 3.59. The quantitative estimate of drug-likeness (QED) is 0.558. The Labute approximate surface area is 163 Å². The van der Waals surface area contributed by atoms with Crippen LogP contribution in [0.1, 0.15) is 22.8 Å². The van der Waals surface area contributed by atoms with E-state index in [-0.39, 0.29) is 27.2 Å². The summed E-state index contributed by atoms with van der Waals surface area (Å²) < 4.78 is 30.5. The first kappa shape index (κ1) is 21.0. The van der Waals surface area contributed by atoms with Crippen LogP contribution in [0.25, 0.3) is 6.08 Å². The van der Waals surface area contributed by atoms with E-state index in [1.165, 1.54) is 50.5 Å². The monoisotopic (exact) mass is 409 g/mol. The Morgan fingerprint density at radius 1 is 1.22 bits per heavy atom. The molecule has 0 atom stereocenters. The number of ketones is 1. The number of rotatable bonds is 7. The number of hydrogen-bond acceptors (Lipinski definition) is 5. The lowest BCUT2D eigenvalue weighted by atomic mass is 10.1. The number of halogens is 1. The van der Waals surface area contributed by atoms with Crippen LogP contribution in [-0.2, 0) is 10.0 Å². The molecule has 0 fully saturated rings. The molecule has 0 saturated heterocycles. The second kappa shape index (κ2) is 8.56. The smallest absolute Gasteiger partial charge is 0.242 e. The minimum absolute atomic E-state index is 0.111. The SMILES string of the molecule is CCOc1cc(C=CC(=O)c2ccc(S(=O)(=O)N(C)C)cc2)cc(Cl)c1O. The number of hydrogen-bond donors (Lipinski definition) is 1. The Morgan fingerprint density at radius 2 is 1.85 bits per heavy atom. The maximum absolute atomic E-state index is 12.3. The van der Waals surface area contributed by atoms with Crippen molar-refractivity contribution in [1.29, 1.82) is 0 Å². The maximum atomic E-state index is 12.3. The molecule has 2 rings (SSSR count). The van der Waals surface area contributed by atoms with Crippen LogP contribution >= 0.6 is 11.6 Å². The van der Waals surface area contributed by atoms with Crippen molar-refractivity contribution in [2.45, 2.75) is 11.8 Å². The molecule has 2 aromatic carbocycles. The van der Waals surface area contributed by atoms with Crippen molar-refractivity contribution >= 4 is 33.5 Å². The fourth-order valence-corrected chi connectivity index (χ4v) is 3.35. The van der Waals surface area contributed by atoms with Gasteiger partial charge >= 0.3 is 0 Å². The number of carbonyl (C=O) groups excluding carboxylic acids is 1. The number of sulfonamides is 1. The first-order valence-corrected chi connectivity index (χ1v) is 9.89. The third-order valence-corrected chi connectivity index (χ3v) is 5.81. The zero-order chi connectivity index (χ0) is 20.2. The van der Waals surface area contributed by atoms with Gasteiger partial charge in [-0.2, -0.15) is 0 Å². The van der Waals surface area contributed by atoms with Crippen LogP contribution in [-0.4, -0.2) is 44.3 Å². The molecule has 0 spiro atoms. The summed E-state index contributed by atoms with van der Waals surface area (Å²) in [4.78, 5) is 12.4. The largest absolute Gasteiger partial charge is 0.503 e. The standard InChI is InChI=1S/C19H20ClNO5S/c1-4-26-18-12-13(11-16(20)19(18)23)5-10-17(22)14-6-8-15(9-7-14)27(24,25)21(2)3/h5-12,23H,4H2,1-3H3. The normalized spacial score (nSPS) is 11.9. The Morgan fingerprint density at radius 3 is 2.41 bits per heavy atom. The summed E-state index contributed by atoms with van der Waals surface area (Å²) >= 11 is 5.96. The molecule has 0 aliphatic rings. The molecule has 0 saturated carbocycles. The first-order chi connectivity index (χ1) is 12.7. The van der Waals surface area contributed by atoms with Gasteiger partial charge in [0, 0.05) is 19.7 Å². The molecule has 0 radical (unpaired) electrons. The Balaban J connectivity index is 2.22. The van der Waals surface area contributed by atoms with E-state index in [1.54, 1.807) is 19.1 Å². The van der Waals surface area contributed by atoms with Crippen LogP contribution in [0.5, 0.6) is 11.5 Å². The fraction of sp³-hybridized carbons (Fsp3) is 0.211. The zero-order valence-corrected chi connectivity index (χ0v) is 16.7. The van der Waals surface area contributed by atoms with Crippen LogP contribution in [0.3, 0.4) is 0 Å². The summed E-state index contributed by atoms with van der Waals surface area (Å²) in [6.45, 7) is 2.14. The van der Waals surface area contributed by atoms with E-state index in [0.29, 0.717) is 17.7 Å². The molecular weight excluding hydrogens is 390 g/mol. The number of phenols is 1. The van der Waals surface area contributed by atoms with Gasteiger partial charge in [-0.05, 0) is 55.0 Å². The van der Waals surface area contributed by atoms with Crippen molar-refractivity contribution in [3.63, 3.8) is 0 Å². The third kappa shape index (κ3) is 4.88. The molecule has 144 valence electrons. The number of ether oxygens (including phenoxy) is 1. The fourth-order valence-electron chi connectivity index (χ4n) is 2.23. The molecular formula is C19H20ClNO5S. The van der Waals surface area contributed by atoms with E-state index in [2.05, 4.69) is 0 Å². The van der Waals surface area contributed by atoms with E-state index >= 15 is 0 Å². The molecule has 0 bridgehead atoms. The van der Waals surface area contributed by atoms with Gasteiger partial charge < -0.3 is 9.84 Å². The van der Waals surface area contributed by atoms with Crippen molar-refractivity contribution < 1.29 is 23.1 Å². The molecule has 0 aromatic heterocycles. The lowest BCUT2D eigenvalue weighted by Crippen LogP contribution is -2.22. The highest BCUT2D eigenvalue weighted by molar-refractivity contribution is 7.89. The summed E-state index contributed by atoms with van der Waals surface area (Å²) in [6.07, 6.45) is 2.88. The zero-order valence-electron chi connectivity index (χ0n) is 15.1. The first-order valence-electron chi connectivity index (χ1n) is 8.07. The molecule has 0 aliphatic heterocycles. The molecule has 27 heavy (non-hydrogen) atoms. The van der Waals surface area contributed by atoms with E-state index in [0.717, 1.165) is 4.31 Å². The van der Waals surface area contributed by atoms with Gasteiger partial charge in [-0.25, -0.2) is 12.7 Å². The average Bonchev–Trinajstić information content (AvgIpc) is 2.63. The third-order valence-electron chi connectivity index (χ3n) is 3.70. The highest BCUT2D eigenvalue weighted by Crippen LogP contribution is 2.35. The van der Waals surface area contributed by atoms with Crippen LogP contribution in [0, 0.1) is 0 Å². The summed E-state index contributed by atoms with van der Waals surface area (Å²) in [5, 5.41) is 9.96. The van der Waals surface area contributed by atoms with Crippen LogP contribution < -0.4 is 4.74 Å². The number of phenolic OH excluding ortho intramolecular Hbond substituents is 1. The van der Waals surface area contributed by atoms with Gasteiger partial charge in [0.2, 0.25) is 10.0 Å². The summed E-state index contributed by atoms with van der Waals surface area (Å²) in [7, 11) is -0.660. The van der Waals surface area contributed by atoms with Crippen LogP contribution in [0.2, 0.25) is 5.02 Å². The molecule has 0 amide bonds. The Kier molecular flexibility index (Phi) is 6.64.